The van der Waals surface area contributed by atoms with Gasteiger partial charge in [-0.1, -0.05) is 54.6 Å². The van der Waals surface area contributed by atoms with E-state index < -0.39 is 0 Å². The van der Waals surface area contributed by atoms with Crippen molar-refractivity contribution >= 4 is 16.8 Å². The normalized spacial score (nSPS) is 11.0. The Hall–Kier alpha value is -3.57. The van der Waals surface area contributed by atoms with Crippen molar-refractivity contribution in [2.45, 2.75) is 13.0 Å². The molecule has 1 amide bonds. The summed E-state index contributed by atoms with van der Waals surface area (Å²) in [5, 5.41) is 3.92. The fourth-order valence-corrected chi connectivity index (χ4v) is 3.63. The summed E-state index contributed by atoms with van der Waals surface area (Å²) >= 11 is 0. The molecule has 5 nitrogen and oxygen atoms in total. The maximum absolute atomic E-state index is 13.0. The highest BCUT2D eigenvalue weighted by atomic mass is 16.1. The quantitative estimate of drug-likeness (QED) is 0.433. The van der Waals surface area contributed by atoms with Gasteiger partial charge in [0.2, 0.25) is 0 Å². The first kappa shape index (κ1) is 20.7. The van der Waals surface area contributed by atoms with Crippen molar-refractivity contribution in [2.24, 2.45) is 0 Å². The topological polar surface area (TPSA) is 58.1 Å². The van der Waals surface area contributed by atoms with E-state index in [-0.39, 0.29) is 5.91 Å². The van der Waals surface area contributed by atoms with Gasteiger partial charge in [-0.3, -0.25) is 9.78 Å². The van der Waals surface area contributed by atoms with E-state index >= 15 is 0 Å². The predicted octanol–water partition coefficient (Wildman–Crippen LogP) is 4.55. The van der Waals surface area contributed by atoms with Crippen molar-refractivity contribution in [1.29, 1.82) is 0 Å². The Balaban J connectivity index is 1.41. The van der Waals surface area contributed by atoms with Gasteiger partial charge in [-0.2, -0.15) is 0 Å². The molecule has 0 bridgehead atoms. The van der Waals surface area contributed by atoms with Crippen molar-refractivity contribution in [3.63, 3.8) is 0 Å². The number of fused-ring (bicyclic) bond motifs is 1. The van der Waals surface area contributed by atoms with E-state index in [0.717, 1.165) is 36.1 Å². The van der Waals surface area contributed by atoms with E-state index in [1.165, 1.54) is 5.56 Å². The van der Waals surface area contributed by atoms with Crippen LogP contribution in [0.3, 0.4) is 0 Å². The third-order valence-corrected chi connectivity index (χ3v) is 5.19. The number of benzene rings is 2. The fraction of sp³-hybridized carbons (Fsp3) is 0.192. The molecule has 156 valence electrons. The molecule has 5 heteroatoms. The molecule has 0 aliphatic heterocycles. The molecular weight excluding hydrogens is 384 g/mol. The van der Waals surface area contributed by atoms with E-state index in [4.69, 9.17) is 4.98 Å². The van der Waals surface area contributed by atoms with Crippen LogP contribution in [0.1, 0.15) is 22.3 Å². The highest BCUT2D eigenvalue weighted by Gasteiger charge is 2.14. The van der Waals surface area contributed by atoms with Gasteiger partial charge in [0, 0.05) is 24.7 Å². The molecule has 4 aromatic rings. The summed E-state index contributed by atoms with van der Waals surface area (Å²) in [7, 11) is 2.10. The molecule has 4 rings (SSSR count). The third-order valence-electron chi connectivity index (χ3n) is 5.19. The van der Waals surface area contributed by atoms with E-state index in [2.05, 4.69) is 46.5 Å². The molecule has 0 aliphatic carbocycles. The SMILES string of the molecule is CN(CCCNC(=O)c1cc(-c2ccccn2)nc2ccccc12)Cc1ccccc1. The van der Waals surface area contributed by atoms with Crippen LogP contribution in [0.2, 0.25) is 0 Å². The Morgan fingerprint density at radius 1 is 0.935 bits per heavy atom. The number of carbonyl (C=O) groups is 1. The predicted molar refractivity (Wildman–Crippen MR) is 125 cm³/mol. The van der Waals surface area contributed by atoms with Gasteiger partial charge >= 0.3 is 0 Å². The fourth-order valence-electron chi connectivity index (χ4n) is 3.63. The van der Waals surface area contributed by atoms with Crippen molar-refractivity contribution in [1.82, 2.24) is 20.2 Å². The monoisotopic (exact) mass is 410 g/mol. The second kappa shape index (κ2) is 9.96. The van der Waals surface area contributed by atoms with Gasteiger partial charge in [0.25, 0.3) is 5.91 Å². The van der Waals surface area contributed by atoms with E-state index in [0.29, 0.717) is 17.8 Å². The number of aromatic nitrogens is 2. The van der Waals surface area contributed by atoms with Gasteiger partial charge < -0.3 is 10.2 Å². The first-order valence-corrected chi connectivity index (χ1v) is 10.5. The lowest BCUT2D eigenvalue weighted by Crippen LogP contribution is -2.28. The largest absolute Gasteiger partial charge is 0.352 e. The van der Waals surface area contributed by atoms with Crippen molar-refractivity contribution in [3.8, 4) is 11.4 Å². The average Bonchev–Trinajstić information content (AvgIpc) is 2.82. The highest BCUT2D eigenvalue weighted by Crippen LogP contribution is 2.23. The van der Waals surface area contributed by atoms with Crippen LogP contribution >= 0.6 is 0 Å². The number of nitrogens with zero attached hydrogens (tertiary/aromatic N) is 3. The van der Waals surface area contributed by atoms with E-state index in [1.807, 2.05) is 54.6 Å². The second-order valence-electron chi connectivity index (χ2n) is 7.62. The van der Waals surface area contributed by atoms with Crippen molar-refractivity contribution in [2.75, 3.05) is 20.1 Å². The summed E-state index contributed by atoms with van der Waals surface area (Å²) in [5.41, 5.74) is 4.17. The van der Waals surface area contributed by atoms with Crippen LogP contribution in [0.4, 0.5) is 0 Å². The van der Waals surface area contributed by atoms with Crippen molar-refractivity contribution < 1.29 is 4.79 Å². The standard InChI is InChI=1S/C26H26N4O/c1-30(19-20-10-3-2-4-11-20)17-9-16-28-26(31)22-18-25(24-14-7-8-15-27-24)29-23-13-6-5-12-21(22)23/h2-8,10-15,18H,9,16-17,19H2,1H3,(H,28,31). The Morgan fingerprint density at radius 3 is 2.52 bits per heavy atom. The molecule has 0 radical (unpaired) electrons. The van der Waals surface area contributed by atoms with Crippen LogP contribution in [0.25, 0.3) is 22.3 Å². The molecule has 1 N–H and O–H groups in total. The van der Waals surface area contributed by atoms with Crippen LogP contribution in [-0.2, 0) is 6.54 Å². The van der Waals surface area contributed by atoms with Gasteiger partial charge in [0.15, 0.2) is 0 Å². The maximum Gasteiger partial charge on any atom is 0.252 e. The van der Waals surface area contributed by atoms with E-state index in [9.17, 15) is 4.79 Å². The lowest BCUT2D eigenvalue weighted by atomic mass is 10.1. The van der Waals surface area contributed by atoms with Crippen LogP contribution in [0, 0.1) is 0 Å². The van der Waals surface area contributed by atoms with Gasteiger partial charge in [0.05, 0.1) is 22.5 Å². The number of carbonyl (C=O) groups excluding carboxylic acids is 1. The summed E-state index contributed by atoms with van der Waals surface area (Å²) in [5.74, 6) is -0.0820. The summed E-state index contributed by atoms with van der Waals surface area (Å²) in [4.78, 5) is 24.4. The summed E-state index contributed by atoms with van der Waals surface area (Å²) < 4.78 is 0. The number of pyridine rings is 2. The zero-order valence-electron chi connectivity index (χ0n) is 17.7. The average molecular weight is 411 g/mol. The number of nitrogens with one attached hydrogen (secondary N) is 1. The molecule has 31 heavy (non-hydrogen) atoms. The minimum atomic E-state index is -0.0820. The van der Waals surface area contributed by atoms with Gasteiger partial charge in [-0.15, -0.1) is 0 Å². The molecule has 0 spiro atoms. The van der Waals surface area contributed by atoms with Gasteiger partial charge in [0.1, 0.15) is 0 Å². The zero-order valence-corrected chi connectivity index (χ0v) is 17.7. The van der Waals surface area contributed by atoms with Crippen LogP contribution < -0.4 is 5.32 Å². The molecule has 0 fully saturated rings. The minimum absolute atomic E-state index is 0.0820. The zero-order chi connectivity index (χ0) is 21.5. The Kier molecular flexibility index (Phi) is 6.65. The van der Waals surface area contributed by atoms with Gasteiger partial charge in [-0.25, -0.2) is 4.98 Å². The second-order valence-corrected chi connectivity index (χ2v) is 7.62. The number of para-hydroxylation sites is 1. The number of hydrogen-bond acceptors (Lipinski definition) is 4. The molecule has 2 aromatic carbocycles. The molecule has 0 unspecified atom stereocenters. The summed E-state index contributed by atoms with van der Waals surface area (Å²) in [6.45, 7) is 2.43. The maximum atomic E-state index is 13.0. The Labute approximate surface area is 182 Å². The molecule has 0 saturated heterocycles. The van der Waals surface area contributed by atoms with Crippen molar-refractivity contribution in [3.05, 3.63) is 96.2 Å². The third kappa shape index (κ3) is 5.32. The Bertz CT molecular complexity index is 1150. The summed E-state index contributed by atoms with van der Waals surface area (Å²) in [6.07, 6.45) is 2.61. The lowest BCUT2D eigenvalue weighted by Gasteiger charge is -2.17. The van der Waals surface area contributed by atoms with Gasteiger partial charge in [-0.05, 0) is 49.8 Å². The summed E-state index contributed by atoms with van der Waals surface area (Å²) in [6, 6.07) is 25.7. The molecule has 0 aliphatic rings. The number of hydrogen-bond donors (Lipinski definition) is 1. The first-order chi connectivity index (χ1) is 15.2. The molecule has 0 saturated carbocycles. The molecule has 2 heterocycles. The number of amides is 1. The van der Waals surface area contributed by atoms with Crippen LogP contribution in [0.5, 0.6) is 0 Å². The molecule has 0 atom stereocenters. The first-order valence-electron chi connectivity index (χ1n) is 10.5. The van der Waals surface area contributed by atoms with E-state index in [1.54, 1.807) is 6.20 Å². The van der Waals surface area contributed by atoms with Crippen LogP contribution in [-0.4, -0.2) is 40.9 Å². The minimum Gasteiger partial charge on any atom is -0.352 e. The molecule has 2 aromatic heterocycles. The van der Waals surface area contributed by atoms with Crippen LogP contribution in [0.15, 0.2) is 85.1 Å². The smallest absolute Gasteiger partial charge is 0.252 e. The highest BCUT2D eigenvalue weighted by molar-refractivity contribution is 6.07. The molecular formula is C26H26N4O. The number of rotatable bonds is 8. The Morgan fingerprint density at radius 2 is 1.71 bits per heavy atom. The lowest BCUT2D eigenvalue weighted by molar-refractivity contribution is 0.0953.